The molecule has 0 aliphatic carbocycles. The second-order valence-electron chi connectivity index (χ2n) is 4.13. The van der Waals surface area contributed by atoms with Crippen LogP contribution >= 0.6 is 0 Å². The van der Waals surface area contributed by atoms with E-state index in [2.05, 4.69) is 18.8 Å². The molecule has 0 spiro atoms. The van der Waals surface area contributed by atoms with Crippen molar-refractivity contribution in [2.45, 2.75) is 51.6 Å². The number of unbranched alkanes of at least 4 members (excludes halogenated alkanes) is 2. The quantitative estimate of drug-likeness (QED) is 0.591. The SMILES string of the molecule is C=CNCCC(CCCCC)CC(F)(F)F. The molecule has 0 amide bonds. The van der Waals surface area contributed by atoms with Crippen LogP contribution in [0.1, 0.15) is 45.4 Å². The first kappa shape index (κ1) is 15.3. The van der Waals surface area contributed by atoms with Crippen LogP contribution in [0.2, 0.25) is 0 Å². The summed E-state index contributed by atoms with van der Waals surface area (Å²) in [6, 6.07) is 0. The summed E-state index contributed by atoms with van der Waals surface area (Å²) in [5.74, 6) is -0.251. The molecule has 0 aliphatic rings. The van der Waals surface area contributed by atoms with Gasteiger partial charge in [0.25, 0.3) is 0 Å². The topological polar surface area (TPSA) is 12.0 Å². The first-order valence-electron chi connectivity index (χ1n) is 5.90. The monoisotopic (exact) mass is 237 g/mol. The Bertz CT molecular complexity index is 178. The van der Waals surface area contributed by atoms with Crippen LogP contribution in [0.4, 0.5) is 13.2 Å². The molecular weight excluding hydrogens is 215 g/mol. The van der Waals surface area contributed by atoms with Gasteiger partial charge in [-0.3, -0.25) is 0 Å². The Morgan fingerprint density at radius 2 is 1.94 bits per heavy atom. The molecule has 0 aromatic carbocycles. The van der Waals surface area contributed by atoms with Gasteiger partial charge in [-0.1, -0.05) is 39.2 Å². The summed E-state index contributed by atoms with van der Waals surface area (Å²) in [5.41, 5.74) is 0. The summed E-state index contributed by atoms with van der Waals surface area (Å²) >= 11 is 0. The zero-order valence-electron chi connectivity index (χ0n) is 9.95. The Morgan fingerprint density at radius 1 is 1.25 bits per heavy atom. The maximum absolute atomic E-state index is 12.3. The lowest BCUT2D eigenvalue weighted by Gasteiger charge is -2.18. The third kappa shape index (κ3) is 9.87. The zero-order valence-corrected chi connectivity index (χ0v) is 9.95. The van der Waals surface area contributed by atoms with Crippen molar-refractivity contribution in [2.24, 2.45) is 5.92 Å². The fourth-order valence-electron chi connectivity index (χ4n) is 1.75. The zero-order chi connectivity index (χ0) is 12.4. The molecule has 16 heavy (non-hydrogen) atoms. The molecule has 4 heteroatoms. The molecule has 0 rings (SSSR count). The van der Waals surface area contributed by atoms with Gasteiger partial charge >= 0.3 is 6.18 Å². The lowest BCUT2D eigenvalue weighted by Crippen LogP contribution is -2.19. The van der Waals surface area contributed by atoms with Gasteiger partial charge < -0.3 is 5.32 Å². The van der Waals surface area contributed by atoms with Gasteiger partial charge in [0, 0.05) is 13.0 Å². The molecule has 0 saturated carbocycles. The van der Waals surface area contributed by atoms with E-state index in [0.29, 0.717) is 19.4 Å². The second kappa shape index (κ2) is 8.48. The summed E-state index contributed by atoms with van der Waals surface area (Å²) < 4.78 is 36.9. The predicted octanol–water partition coefficient (Wildman–Crippen LogP) is 4.26. The highest BCUT2D eigenvalue weighted by Gasteiger charge is 2.31. The summed E-state index contributed by atoms with van der Waals surface area (Å²) in [4.78, 5) is 0. The highest BCUT2D eigenvalue weighted by atomic mass is 19.4. The molecule has 0 heterocycles. The Kier molecular flexibility index (Phi) is 8.12. The first-order chi connectivity index (χ1) is 7.49. The van der Waals surface area contributed by atoms with Crippen LogP contribution in [-0.4, -0.2) is 12.7 Å². The van der Waals surface area contributed by atoms with Crippen LogP contribution in [-0.2, 0) is 0 Å². The van der Waals surface area contributed by atoms with Crippen LogP contribution in [0.15, 0.2) is 12.8 Å². The Hall–Kier alpha value is -0.670. The first-order valence-corrected chi connectivity index (χ1v) is 5.90. The van der Waals surface area contributed by atoms with E-state index >= 15 is 0 Å². The Balaban J connectivity index is 3.90. The molecule has 0 radical (unpaired) electrons. The summed E-state index contributed by atoms with van der Waals surface area (Å²) in [5, 5.41) is 2.85. The minimum Gasteiger partial charge on any atom is -0.391 e. The largest absolute Gasteiger partial charge is 0.391 e. The van der Waals surface area contributed by atoms with E-state index in [-0.39, 0.29) is 5.92 Å². The number of nitrogens with one attached hydrogen (secondary N) is 1. The minimum atomic E-state index is -4.04. The lowest BCUT2D eigenvalue weighted by molar-refractivity contribution is -0.145. The van der Waals surface area contributed by atoms with Crippen molar-refractivity contribution in [3.05, 3.63) is 12.8 Å². The van der Waals surface area contributed by atoms with Crippen molar-refractivity contribution < 1.29 is 13.2 Å². The van der Waals surface area contributed by atoms with E-state index in [0.717, 1.165) is 19.3 Å². The molecule has 1 N–H and O–H groups in total. The highest BCUT2D eigenvalue weighted by molar-refractivity contribution is 4.69. The molecule has 0 fully saturated rings. The van der Waals surface area contributed by atoms with Crippen molar-refractivity contribution in [3.63, 3.8) is 0 Å². The number of rotatable bonds is 9. The van der Waals surface area contributed by atoms with Gasteiger partial charge in [0.1, 0.15) is 0 Å². The van der Waals surface area contributed by atoms with Crippen LogP contribution in [0.5, 0.6) is 0 Å². The molecule has 0 saturated heterocycles. The van der Waals surface area contributed by atoms with E-state index in [4.69, 9.17) is 0 Å². The van der Waals surface area contributed by atoms with Crippen molar-refractivity contribution in [1.29, 1.82) is 0 Å². The van der Waals surface area contributed by atoms with E-state index < -0.39 is 12.6 Å². The predicted molar refractivity (Wildman–Crippen MR) is 61.1 cm³/mol. The molecule has 1 nitrogen and oxygen atoms in total. The van der Waals surface area contributed by atoms with E-state index in [9.17, 15) is 13.2 Å². The van der Waals surface area contributed by atoms with E-state index in [1.807, 2.05) is 0 Å². The van der Waals surface area contributed by atoms with Gasteiger partial charge in [-0.2, -0.15) is 13.2 Å². The van der Waals surface area contributed by atoms with Gasteiger partial charge in [-0.25, -0.2) is 0 Å². The van der Waals surface area contributed by atoms with Gasteiger partial charge in [-0.05, 0) is 18.5 Å². The molecule has 0 aliphatic heterocycles. The number of alkyl halides is 3. The lowest BCUT2D eigenvalue weighted by atomic mass is 9.94. The molecule has 1 unspecified atom stereocenters. The normalized spacial score (nSPS) is 13.5. The summed E-state index contributed by atoms with van der Waals surface area (Å²) in [6.45, 7) is 6.11. The van der Waals surface area contributed by atoms with E-state index in [1.54, 1.807) is 0 Å². The van der Waals surface area contributed by atoms with Crippen LogP contribution in [0, 0.1) is 5.92 Å². The molecular formula is C12H22F3N. The van der Waals surface area contributed by atoms with Crippen molar-refractivity contribution in [1.82, 2.24) is 5.32 Å². The molecule has 0 aromatic heterocycles. The maximum Gasteiger partial charge on any atom is 0.389 e. The van der Waals surface area contributed by atoms with Gasteiger partial charge in [0.15, 0.2) is 0 Å². The third-order valence-electron chi connectivity index (χ3n) is 2.58. The molecule has 0 bridgehead atoms. The average molecular weight is 237 g/mol. The van der Waals surface area contributed by atoms with Gasteiger partial charge in [-0.15, -0.1) is 0 Å². The molecule has 1 atom stereocenters. The number of hydrogen-bond acceptors (Lipinski definition) is 1. The van der Waals surface area contributed by atoms with Gasteiger partial charge in [0.05, 0.1) is 0 Å². The van der Waals surface area contributed by atoms with E-state index in [1.165, 1.54) is 6.20 Å². The fraction of sp³-hybridized carbons (Fsp3) is 0.833. The standard InChI is InChI=1S/C12H22F3N/c1-3-5-6-7-11(8-9-16-4-2)10-12(13,14)15/h4,11,16H,2-3,5-10H2,1H3. The Labute approximate surface area is 96.1 Å². The average Bonchev–Trinajstić information content (AvgIpc) is 2.16. The minimum absolute atomic E-state index is 0.251. The van der Waals surface area contributed by atoms with Crippen molar-refractivity contribution in [3.8, 4) is 0 Å². The van der Waals surface area contributed by atoms with Gasteiger partial charge in [0.2, 0.25) is 0 Å². The summed E-state index contributed by atoms with van der Waals surface area (Å²) in [6.07, 6.45) is 1.02. The second-order valence-corrected chi connectivity index (χ2v) is 4.13. The molecule has 0 aromatic rings. The van der Waals surface area contributed by atoms with Crippen molar-refractivity contribution in [2.75, 3.05) is 6.54 Å². The molecule has 96 valence electrons. The van der Waals surface area contributed by atoms with Crippen LogP contribution in [0.3, 0.4) is 0 Å². The third-order valence-corrected chi connectivity index (χ3v) is 2.58. The van der Waals surface area contributed by atoms with Crippen LogP contribution < -0.4 is 5.32 Å². The summed E-state index contributed by atoms with van der Waals surface area (Å²) in [7, 11) is 0. The van der Waals surface area contributed by atoms with Crippen LogP contribution in [0.25, 0.3) is 0 Å². The highest BCUT2D eigenvalue weighted by Crippen LogP contribution is 2.29. The number of hydrogen-bond donors (Lipinski definition) is 1. The Morgan fingerprint density at radius 3 is 2.44 bits per heavy atom. The van der Waals surface area contributed by atoms with Crippen molar-refractivity contribution >= 4 is 0 Å². The number of halogens is 3. The maximum atomic E-state index is 12.3. The smallest absolute Gasteiger partial charge is 0.389 e. The fourth-order valence-corrected chi connectivity index (χ4v) is 1.75.